The van der Waals surface area contributed by atoms with Gasteiger partial charge in [0.1, 0.15) is 17.4 Å². The van der Waals surface area contributed by atoms with Gasteiger partial charge in [0.05, 0.1) is 18.5 Å². The molecule has 1 atom stereocenters. The summed E-state index contributed by atoms with van der Waals surface area (Å²) in [7, 11) is 1.54. The second-order valence-electron chi connectivity index (χ2n) is 5.39. The lowest BCUT2D eigenvalue weighted by Gasteiger charge is -2.17. The molecule has 0 radical (unpaired) electrons. The van der Waals surface area contributed by atoms with Gasteiger partial charge in [-0.15, -0.1) is 0 Å². The van der Waals surface area contributed by atoms with Crippen LogP contribution in [0.4, 0.5) is 0 Å². The van der Waals surface area contributed by atoms with Crippen LogP contribution in [-0.4, -0.2) is 19.2 Å². The number of fused-ring (bicyclic) bond motifs is 1. The fraction of sp³-hybridized carbons (Fsp3) is 0.158. The van der Waals surface area contributed by atoms with Gasteiger partial charge < -0.3 is 23.8 Å². The van der Waals surface area contributed by atoms with Crippen molar-refractivity contribution in [3.8, 4) is 22.8 Å². The van der Waals surface area contributed by atoms with E-state index in [1.807, 2.05) is 0 Å². The largest absolute Gasteiger partial charge is 0.546 e. The summed E-state index contributed by atoms with van der Waals surface area (Å²) in [4.78, 5) is 23.8. The standard InChI is InChI=1S/C19H16O6/c1-11(19(21)22)24-18-16(20)14-5-3-4-6-15(14)25-17(18)12-7-9-13(23-2)10-8-12/h3-11H,1-2H3,(H,21,22)/p-1. The predicted octanol–water partition coefficient (Wildman–Crippen LogP) is 1.99. The van der Waals surface area contributed by atoms with E-state index in [9.17, 15) is 14.7 Å². The molecule has 1 unspecified atom stereocenters. The Hall–Kier alpha value is -3.28. The van der Waals surface area contributed by atoms with Crippen molar-refractivity contribution in [3.63, 3.8) is 0 Å². The molecule has 0 fully saturated rings. The predicted molar refractivity (Wildman–Crippen MR) is 89.6 cm³/mol. The third-order valence-electron chi connectivity index (χ3n) is 3.73. The van der Waals surface area contributed by atoms with Crippen LogP contribution in [0.2, 0.25) is 0 Å². The highest BCUT2D eigenvalue weighted by Crippen LogP contribution is 2.32. The average Bonchev–Trinajstić information content (AvgIpc) is 2.63. The zero-order chi connectivity index (χ0) is 18.0. The van der Waals surface area contributed by atoms with E-state index in [0.29, 0.717) is 22.3 Å². The molecule has 0 N–H and O–H groups in total. The Bertz CT molecular complexity index is 971. The minimum Gasteiger partial charge on any atom is -0.546 e. The van der Waals surface area contributed by atoms with Gasteiger partial charge >= 0.3 is 0 Å². The average molecular weight is 339 g/mol. The van der Waals surface area contributed by atoms with E-state index < -0.39 is 17.5 Å². The Kier molecular flexibility index (Phi) is 4.43. The number of hydrogen-bond donors (Lipinski definition) is 0. The molecule has 0 saturated heterocycles. The van der Waals surface area contributed by atoms with Crippen LogP contribution < -0.4 is 20.0 Å². The third kappa shape index (κ3) is 3.19. The van der Waals surface area contributed by atoms with E-state index in [1.165, 1.54) is 6.92 Å². The minimum absolute atomic E-state index is 0.152. The highest BCUT2D eigenvalue weighted by atomic mass is 16.5. The Morgan fingerprint density at radius 1 is 1.12 bits per heavy atom. The number of carbonyl (C=O) groups is 1. The normalized spacial score (nSPS) is 11.9. The van der Waals surface area contributed by atoms with Crippen LogP contribution in [0.15, 0.2) is 57.7 Å². The molecule has 3 rings (SSSR count). The van der Waals surface area contributed by atoms with Crippen molar-refractivity contribution in [3.05, 3.63) is 58.8 Å². The van der Waals surface area contributed by atoms with Crippen molar-refractivity contribution >= 4 is 16.9 Å². The molecule has 2 aromatic carbocycles. The van der Waals surface area contributed by atoms with Crippen molar-refractivity contribution in [1.29, 1.82) is 0 Å². The van der Waals surface area contributed by atoms with E-state index >= 15 is 0 Å². The molecule has 1 aromatic heterocycles. The topological polar surface area (TPSA) is 88.8 Å². The van der Waals surface area contributed by atoms with Gasteiger partial charge in [0.25, 0.3) is 0 Å². The van der Waals surface area contributed by atoms with Gasteiger partial charge in [-0.2, -0.15) is 0 Å². The molecule has 0 bridgehead atoms. The zero-order valence-electron chi connectivity index (χ0n) is 13.6. The molecule has 3 aromatic rings. The molecule has 1 heterocycles. The van der Waals surface area contributed by atoms with E-state index in [1.54, 1.807) is 55.6 Å². The van der Waals surface area contributed by atoms with Gasteiger partial charge in [-0.1, -0.05) is 12.1 Å². The van der Waals surface area contributed by atoms with Gasteiger partial charge in [0, 0.05) is 5.56 Å². The van der Waals surface area contributed by atoms with Gasteiger partial charge in [-0.25, -0.2) is 0 Å². The Balaban J connectivity index is 2.23. The fourth-order valence-electron chi connectivity index (χ4n) is 2.39. The van der Waals surface area contributed by atoms with Crippen LogP contribution >= 0.6 is 0 Å². The number of methoxy groups -OCH3 is 1. The lowest BCUT2D eigenvalue weighted by Crippen LogP contribution is -2.38. The van der Waals surface area contributed by atoms with E-state index in [-0.39, 0.29) is 11.5 Å². The highest BCUT2D eigenvalue weighted by molar-refractivity contribution is 5.82. The van der Waals surface area contributed by atoms with Crippen molar-refractivity contribution in [2.24, 2.45) is 0 Å². The molecule has 0 aliphatic rings. The van der Waals surface area contributed by atoms with Gasteiger partial charge in [0.15, 0.2) is 5.76 Å². The minimum atomic E-state index is -1.42. The number of rotatable bonds is 5. The summed E-state index contributed by atoms with van der Waals surface area (Å²) in [5.41, 5.74) is 0.497. The summed E-state index contributed by atoms with van der Waals surface area (Å²) >= 11 is 0. The van der Waals surface area contributed by atoms with Crippen molar-refractivity contribution < 1.29 is 23.8 Å². The second-order valence-corrected chi connectivity index (χ2v) is 5.39. The monoisotopic (exact) mass is 339 g/mol. The number of hydrogen-bond acceptors (Lipinski definition) is 6. The number of ether oxygens (including phenoxy) is 2. The van der Waals surface area contributed by atoms with E-state index in [4.69, 9.17) is 13.9 Å². The molecule has 128 valence electrons. The van der Waals surface area contributed by atoms with Crippen molar-refractivity contribution in [2.75, 3.05) is 7.11 Å². The number of carboxylic acid groups (broad SMARTS) is 1. The first-order valence-electron chi connectivity index (χ1n) is 7.59. The number of aliphatic carboxylic acids is 1. The van der Waals surface area contributed by atoms with E-state index in [0.717, 1.165) is 0 Å². The Morgan fingerprint density at radius 2 is 1.80 bits per heavy atom. The number of benzene rings is 2. The third-order valence-corrected chi connectivity index (χ3v) is 3.73. The molecule has 0 spiro atoms. The molecule has 0 saturated carbocycles. The Labute approximate surface area is 143 Å². The quantitative estimate of drug-likeness (QED) is 0.706. The van der Waals surface area contributed by atoms with Gasteiger partial charge in [0.2, 0.25) is 11.2 Å². The Morgan fingerprint density at radius 3 is 2.44 bits per heavy atom. The van der Waals surface area contributed by atoms with Crippen molar-refractivity contribution in [1.82, 2.24) is 0 Å². The summed E-state index contributed by atoms with van der Waals surface area (Å²) < 4.78 is 16.3. The molecule has 6 heteroatoms. The van der Waals surface area contributed by atoms with Gasteiger partial charge in [-0.05, 0) is 43.3 Å². The maximum atomic E-state index is 12.8. The summed E-state index contributed by atoms with van der Waals surface area (Å²) in [6, 6.07) is 13.5. The number of carboxylic acids is 1. The first-order valence-corrected chi connectivity index (χ1v) is 7.59. The SMILES string of the molecule is COc1ccc(-c2oc3ccccc3c(=O)c2OC(C)C(=O)[O-])cc1. The van der Waals surface area contributed by atoms with Crippen LogP contribution in [-0.2, 0) is 4.79 Å². The fourth-order valence-corrected chi connectivity index (χ4v) is 2.39. The smallest absolute Gasteiger partial charge is 0.235 e. The van der Waals surface area contributed by atoms with Crippen LogP contribution in [0.3, 0.4) is 0 Å². The summed E-state index contributed by atoms with van der Waals surface area (Å²) in [5.74, 6) is -0.800. The van der Waals surface area contributed by atoms with E-state index in [2.05, 4.69) is 0 Å². The van der Waals surface area contributed by atoms with Crippen LogP contribution in [0.5, 0.6) is 11.5 Å². The first-order chi connectivity index (χ1) is 12.0. The van der Waals surface area contributed by atoms with Crippen LogP contribution in [0, 0.1) is 0 Å². The molecule has 6 nitrogen and oxygen atoms in total. The molecule has 0 aliphatic heterocycles. The lowest BCUT2D eigenvalue weighted by atomic mass is 10.1. The lowest BCUT2D eigenvalue weighted by molar-refractivity contribution is -0.312. The summed E-state index contributed by atoms with van der Waals surface area (Å²) in [6.45, 7) is 1.29. The molecule has 0 amide bonds. The molecule has 0 aliphatic carbocycles. The van der Waals surface area contributed by atoms with Gasteiger partial charge in [-0.3, -0.25) is 4.79 Å². The van der Waals surface area contributed by atoms with Crippen LogP contribution in [0.1, 0.15) is 6.92 Å². The first kappa shape index (κ1) is 16.6. The number of para-hydroxylation sites is 1. The van der Waals surface area contributed by atoms with Crippen molar-refractivity contribution in [2.45, 2.75) is 13.0 Å². The maximum Gasteiger partial charge on any atom is 0.235 e. The zero-order valence-corrected chi connectivity index (χ0v) is 13.6. The molecular weight excluding hydrogens is 324 g/mol. The molecule has 25 heavy (non-hydrogen) atoms. The maximum absolute atomic E-state index is 12.8. The molecular formula is C19H15O6-. The summed E-state index contributed by atoms with van der Waals surface area (Å²) in [6.07, 6.45) is -1.30. The highest BCUT2D eigenvalue weighted by Gasteiger charge is 2.20. The van der Waals surface area contributed by atoms with Crippen LogP contribution in [0.25, 0.3) is 22.3 Å². The summed E-state index contributed by atoms with van der Waals surface area (Å²) in [5, 5.41) is 11.3. The number of carbonyl (C=O) groups excluding carboxylic acids is 1. The second kappa shape index (κ2) is 6.68.